The highest BCUT2D eigenvalue weighted by Gasteiger charge is 2.06. The molecule has 2 rings (SSSR count). The van der Waals surface area contributed by atoms with Gasteiger partial charge in [0.15, 0.2) is 5.13 Å². The van der Waals surface area contributed by atoms with Crippen molar-refractivity contribution in [1.82, 2.24) is 0 Å². The average molecular weight is 207 g/mol. The fourth-order valence-corrected chi connectivity index (χ4v) is 2.12. The molecule has 0 aliphatic carbocycles. The molecule has 4 heteroatoms. The third-order valence-corrected chi connectivity index (χ3v) is 2.84. The molecule has 1 aromatic carbocycles. The quantitative estimate of drug-likeness (QED) is 0.781. The summed E-state index contributed by atoms with van der Waals surface area (Å²) in [5, 5.41) is 18.4. The minimum absolute atomic E-state index is 0.0564. The van der Waals surface area contributed by atoms with Crippen LogP contribution >= 0.6 is 11.3 Å². The number of benzene rings is 1. The van der Waals surface area contributed by atoms with Gasteiger partial charge in [-0.2, -0.15) is 9.65 Å². The Kier molecular flexibility index (Phi) is 2.10. The van der Waals surface area contributed by atoms with Crippen LogP contribution < -0.4 is 0 Å². The van der Waals surface area contributed by atoms with Gasteiger partial charge in [-0.15, -0.1) is 11.3 Å². The molecular weight excluding hydrogens is 201 g/mol. The van der Waals surface area contributed by atoms with E-state index in [1.807, 2.05) is 6.07 Å². The molecule has 0 aliphatic rings. The number of nitrogens with zero attached hydrogens (tertiary/aromatic N) is 1. The van der Waals surface area contributed by atoms with Crippen molar-refractivity contribution in [3.8, 4) is 11.8 Å². The first-order valence-corrected chi connectivity index (χ1v) is 4.80. The molecular formula is C10H6FNOS. The van der Waals surface area contributed by atoms with Crippen molar-refractivity contribution in [2.75, 3.05) is 0 Å². The monoisotopic (exact) mass is 207 g/mol. The molecule has 2 nitrogen and oxygen atoms in total. The highest BCUT2D eigenvalue weighted by atomic mass is 32.1. The Morgan fingerprint density at radius 2 is 2.21 bits per heavy atom. The van der Waals surface area contributed by atoms with Gasteiger partial charge >= 0.3 is 0 Å². The van der Waals surface area contributed by atoms with E-state index >= 15 is 0 Å². The minimum atomic E-state index is -0.284. The minimum Gasteiger partial charge on any atom is -0.508 e. The fraction of sp³-hybridized carbons (Fsp3) is 0.100. The van der Waals surface area contributed by atoms with Gasteiger partial charge in [0.1, 0.15) is 5.75 Å². The number of phenols is 1. The summed E-state index contributed by atoms with van der Waals surface area (Å²) in [5.41, 5.74) is 0.540. The Hall–Kier alpha value is -1.60. The van der Waals surface area contributed by atoms with E-state index in [-0.39, 0.29) is 17.3 Å². The zero-order valence-corrected chi connectivity index (χ0v) is 7.94. The molecule has 0 saturated carbocycles. The number of hydrogen-bond acceptors (Lipinski definition) is 3. The molecule has 0 fully saturated rings. The van der Waals surface area contributed by atoms with E-state index in [0.29, 0.717) is 10.3 Å². The highest BCUT2D eigenvalue weighted by Crippen LogP contribution is 2.30. The van der Waals surface area contributed by atoms with E-state index in [1.165, 1.54) is 12.1 Å². The number of phenolic OH excluding ortho intramolecular Hbond substituents is 1. The lowest BCUT2D eigenvalue weighted by molar-refractivity contribution is 0.471. The summed E-state index contributed by atoms with van der Waals surface area (Å²) >= 11 is 0.984. The Morgan fingerprint density at radius 3 is 2.93 bits per heavy atom. The molecule has 0 radical (unpaired) electrons. The molecule has 0 aliphatic heterocycles. The van der Waals surface area contributed by atoms with Gasteiger partial charge in [0, 0.05) is 10.3 Å². The van der Waals surface area contributed by atoms with Gasteiger partial charge < -0.3 is 5.11 Å². The molecule has 0 amide bonds. The summed E-state index contributed by atoms with van der Waals surface area (Å²) in [6.07, 6.45) is 0.138. The van der Waals surface area contributed by atoms with Gasteiger partial charge in [-0.1, -0.05) is 0 Å². The van der Waals surface area contributed by atoms with E-state index in [1.54, 1.807) is 6.07 Å². The van der Waals surface area contributed by atoms with Crippen LogP contribution in [-0.4, -0.2) is 5.11 Å². The molecule has 0 atom stereocenters. The molecule has 0 spiro atoms. The maximum Gasteiger partial charge on any atom is 0.177 e. The third kappa shape index (κ3) is 1.42. The van der Waals surface area contributed by atoms with Crippen LogP contribution in [0.4, 0.5) is 4.39 Å². The summed E-state index contributed by atoms with van der Waals surface area (Å²) in [5.74, 6) is 0.0564. The van der Waals surface area contributed by atoms with Crippen molar-refractivity contribution in [2.45, 2.75) is 6.42 Å². The van der Waals surface area contributed by atoms with Gasteiger partial charge in [-0.25, -0.2) is 0 Å². The van der Waals surface area contributed by atoms with Crippen molar-refractivity contribution < 1.29 is 9.50 Å². The summed E-state index contributed by atoms with van der Waals surface area (Å²) in [4.78, 5) is 0. The maximum atomic E-state index is 12.8. The molecule has 14 heavy (non-hydrogen) atoms. The molecule has 70 valence electrons. The predicted molar refractivity (Wildman–Crippen MR) is 52.8 cm³/mol. The van der Waals surface area contributed by atoms with Crippen LogP contribution in [0.2, 0.25) is 0 Å². The first-order chi connectivity index (χ1) is 6.70. The van der Waals surface area contributed by atoms with Crippen LogP contribution in [0.3, 0.4) is 0 Å². The second-order valence-electron chi connectivity index (χ2n) is 2.90. The van der Waals surface area contributed by atoms with Crippen LogP contribution in [-0.2, 0) is 6.42 Å². The number of rotatable bonds is 1. The van der Waals surface area contributed by atoms with Gasteiger partial charge in [0.25, 0.3) is 0 Å². The van der Waals surface area contributed by atoms with E-state index in [2.05, 4.69) is 0 Å². The van der Waals surface area contributed by atoms with Crippen LogP contribution in [0.25, 0.3) is 10.1 Å². The predicted octanol–water partition coefficient (Wildman–Crippen LogP) is 2.81. The smallest absolute Gasteiger partial charge is 0.177 e. The lowest BCUT2D eigenvalue weighted by Gasteiger charge is -1.99. The Balaban J connectivity index is 2.65. The summed E-state index contributed by atoms with van der Waals surface area (Å²) in [6.45, 7) is 0. The van der Waals surface area contributed by atoms with Crippen LogP contribution in [0, 0.1) is 16.5 Å². The van der Waals surface area contributed by atoms with E-state index < -0.39 is 0 Å². The van der Waals surface area contributed by atoms with Gasteiger partial charge in [-0.3, -0.25) is 0 Å². The van der Waals surface area contributed by atoms with E-state index in [4.69, 9.17) is 5.26 Å². The number of aromatic hydroxyl groups is 1. The standard InChI is InChI=1S/C10H6FNOS/c11-10-4-7-3-6(1-2-12)8(13)5-9(7)14-10/h3-5,13H,1H2. The molecule has 0 unspecified atom stereocenters. The largest absolute Gasteiger partial charge is 0.508 e. The Labute approximate surface area is 83.8 Å². The SMILES string of the molecule is N#CCc1cc2cc(F)sc2cc1O. The number of halogens is 1. The molecule has 2 aromatic rings. The second-order valence-corrected chi connectivity index (χ2v) is 3.94. The highest BCUT2D eigenvalue weighted by molar-refractivity contribution is 7.17. The molecule has 1 aromatic heterocycles. The first-order valence-electron chi connectivity index (χ1n) is 3.98. The first kappa shape index (κ1) is 8.97. The van der Waals surface area contributed by atoms with E-state index in [9.17, 15) is 9.50 Å². The van der Waals surface area contributed by atoms with Gasteiger partial charge in [0.2, 0.25) is 0 Å². The third-order valence-electron chi connectivity index (χ3n) is 1.96. The molecule has 0 saturated heterocycles. The number of fused-ring (bicyclic) bond motifs is 1. The maximum absolute atomic E-state index is 12.8. The lowest BCUT2D eigenvalue weighted by atomic mass is 10.1. The van der Waals surface area contributed by atoms with Crippen molar-refractivity contribution in [1.29, 1.82) is 5.26 Å². The topological polar surface area (TPSA) is 44.0 Å². The zero-order chi connectivity index (χ0) is 10.1. The zero-order valence-electron chi connectivity index (χ0n) is 7.12. The van der Waals surface area contributed by atoms with Crippen molar-refractivity contribution in [2.24, 2.45) is 0 Å². The van der Waals surface area contributed by atoms with Crippen molar-refractivity contribution >= 4 is 21.4 Å². The molecule has 0 bridgehead atoms. The number of thiophene rings is 1. The van der Waals surface area contributed by atoms with Crippen LogP contribution in [0.5, 0.6) is 5.75 Å². The Bertz CT molecular complexity index is 527. The number of nitriles is 1. The Morgan fingerprint density at radius 1 is 1.43 bits per heavy atom. The second kappa shape index (κ2) is 3.28. The molecule has 1 N–H and O–H groups in total. The summed E-state index contributed by atoms with van der Waals surface area (Å²) in [6, 6.07) is 6.49. The van der Waals surface area contributed by atoms with Gasteiger partial charge in [-0.05, 0) is 23.6 Å². The van der Waals surface area contributed by atoms with Crippen LogP contribution in [0.15, 0.2) is 18.2 Å². The summed E-state index contributed by atoms with van der Waals surface area (Å²) < 4.78 is 13.5. The molecule has 1 heterocycles. The van der Waals surface area contributed by atoms with Crippen LogP contribution in [0.1, 0.15) is 5.56 Å². The van der Waals surface area contributed by atoms with E-state index in [0.717, 1.165) is 16.7 Å². The normalized spacial score (nSPS) is 10.3. The number of hydrogen-bond donors (Lipinski definition) is 1. The van der Waals surface area contributed by atoms with Gasteiger partial charge in [0.05, 0.1) is 12.5 Å². The summed E-state index contributed by atoms with van der Waals surface area (Å²) in [7, 11) is 0. The van der Waals surface area contributed by atoms with Crippen molar-refractivity contribution in [3.05, 3.63) is 28.9 Å². The van der Waals surface area contributed by atoms with Crippen molar-refractivity contribution in [3.63, 3.8) is 0 Å². The fourth-order valence-electron chi connectivity index (χ4n) is 1.32. The average Bonchev–Trinajstić information content (AvgIpc) is 2.45. The lowest BCUT2D eigenvalue weighted by Crippen LogP contribution is -1.81.